The van der Waals surface area contributed by atoms with Crippen molar-refractivity contribution in [3.05, 3.63) is 163 Å². The number of pyridine rings is 2. The molecule has 0 unspecified atom stereocenters. The van der Waals surface area contributed by atoms with Gasteiger partial charge in [-0.25, -0.2) is 15.0 Å². The lowest BCUT2D eigenvalue weighted by molar-refractivity contribution is 1.18. The summed E-state index contributed by atoms with van der Waals surface area (Å²) >= 11 is 0. The van der Waals surface area contributed by atoms with Gasteiger partial charge in [-0.15, -0.1) is 5.73 Å². The summed E-state index contributed by atoms with van der Waals surface area (Å²) < 4.78 is 0. The normalized spacial score (nSPS) is 12.5. The third-order valence-electron chi connectivity index (χ3n) is 9.92. The first kappa shape index (κ1) is 28.3. The van der Waals surface area contributed by atoms with Gasteiger partial charge < -0.3 is 0 Å². The number of hydrogen-bond donors (Lipinski definition) is 0. The highest BCUT2D eigenvalue weighted by Gasteiger charge is 2.18. The Hall–Kier alpha value is -6.74. The number of rotatable bonds is 3. The van der Waals surface area contributed by atoms with Crippen LogP contribution in [0.15, 0.2) is 152 Å². The smallest absolute Gasteiger partial charge is 0.159 e. The van der Waals surface area contributed by atoms with Crippen LogP contribution >= 0.6 is 0 Å². The van der Waals surface area contributed by atoms with E-state index in [9.17, 15) is 0 Å². The Morgan fingerprint density at radius 1 is 0.560 bits per heavy atom. The number of nitrogens with zero attached hydrogens (tertiary/aromatic N) is 4. The highest BCUT2D eigenvalue weighted by atomic mass is 14.9. The molecule has 0 bridgehead atoms. The van der Waals surface area contributed by atoms with E-state index < -0.39 is 0 Å². The molecular weight excluding hydrogens is 609 g/mol. The van der Waals surface area contributed by atoms with E-state index in [1.165, 1.54) is 26.9 Å². The Morgan fingerprint density at radius 3 is 2.06 bits per heavy atom. The Bertz CT molecular complexity index is 2970. The molecule has 10 rings (SSSR count). The first-order valence-corrected chi connectivity index (χ1v) is 16.8. The first-order valence-electron chi connectivity index (χ1n) is 16.8. The van der Waals surface area contributed by atoms with Crippen molar-refractivity contribution in [1.29, 1.82) is 0 Å². The maximum absolute atomic E-state index is 5.33. The second-order valence-corrected chi connectivity index (χ2v) is 12.8. The largest absolute Gasteiger partial charge is 0.256 e. The third-order valence-corrected chi connectivity index (χ3v) is 9.92. The highest BCUT2D eigenvalue weighted by molar-refractivity contribution is 6.33. The van der Waals surface area contributed by atoms with Gasteiger partial charge in [0.15, 0.2) is 5.82 Å². The van der Waals surface area contributed by atoms with Crippen LogP contribution in [0.1, 0.15) is 18.1 Å². The molecule has 9 aromatic rings. The van der Waals surface area contributed by atoms with Crippen molar-refractivity contribution < 1.29 is 0 Å². The number of benzene rings is 6. The monoisotopic (exact) mass is 636 g/mol. The van der Waals surface area contributed by atoms with Crippen molar-refractivity contribution in [1.82, 2.24) is 19.9 Å². The molecule has 1 aliphatic rings. The van der Waals surface area contributed by atoms with Gasteiger partial charge in [0.05, 0.1) is 16.7 Å². The van der Waals surface area contributed by atoms with Gasteiger partial charge >= 0.3 is 0 Å². The molecule has 0 amide bonds. The number of hydrogen-bond acceptors (Lipinski definition) is 4. The molecule has 0 spiro atoms. The molecule has 50 heavy (non-hydrogen) atoms. The molecule has 232 valence electrons. The average molecular weight is 637 g/mol. The summed E-state index contributed by atoms with van der Waals surface area (Å²) in [6.45, 7) is 2.09. The number of aromatic nitrogens is 4. The Morgan fingerprint density at radius 2 is 1.26 bits per heavy atom. The summed E-state index contributed by atoms with van der Waals surface area (Å²) in [5, 5.41) is 9.50. The highest BCUT2D eigenvalue weighted by Crippen LogP contribution is 2.43. The minimum absolute atomic E-state index is 0.664. The molecule has 0 atom stereocenters. The molecule has 3 heterocycles. The van der Waals surface area contributed by atoms with Crippen molar-refractivity contribution in [3.63, 3.8) is 0 Å². The fourth-order valence-corrected chi connectivity index (χ4v) is 7.67. The van der Waals surface area contributed by atoms with E-state index in [0.717, 1.165) is 71.8 Å². The van der Waals surface area contributed by atoms with E-state index in [1.807, 2.05) is 36.8 Å². The molecule has 1 aliphatic carbocycles. The molecule has 6 aromatic carbocycles. The van der Waals surface area contributed by atoms with Gasteiger partial charge in [-0.3, -0.25) is 4.98 Å². The number of fused-ring (bicyclic) bond motifs is 11. The van der Waals surface area contributed by atoms with Gasteiger partial charge in [0, 0.05) is 68.0 Å². The maximum Gasteiger partial charge on any atom is 0.159 e. The van der Waals surface area contributed by atoms with Crippen molar-refractivity contribution in [2.45, 2.75) is 6.92 Å². The van der Waals surface area contributed by atoms with Crippen molar-refractivity contribution in [3.8, 4) is 33.8 Å². The average Bonchev–Trinajstić information content (AvgIpc) is 3.38. The summed E-state index contributed by atoms with van der Waals surface area (Å²) in [6, 6.07) is 40.7. The van der Waals surface area contributed by atoms with E-state index in [2.05, 4.69) is 128 Å². The van der Waals surface area contributed by atoms with E-state index >= 15 is 0 Å². The van der Waals surface area contributed by atoms with Crippen LogP contribution in [0.25, 0.3) is 99.5 Å². The lowest BCUT2D eigenvalue weighted by atomic mass is 9.90. The second kappa shape index (κ2) is 11.2. The van der Waals surface area contributed by atoms with Crippen LogP contribution in [-0.2, 0) is 0 Å². The third kappa shape index (κ3) is 4.33. The summed E-state index contributed by atoms with van der Waals surface area (Å²) in [5.41, 5.74) is 13.5. The quantitative estimate of drug-likeness (QED) is 0.143. The topological polar surface area (TPSA) is 51.6 Å². The van der Waals surface area contributed by atoms with Gasteiger partial charge in [-0.1, -0.05) is 109 Å². The Labute approximate surface area is 288 Å². The van der Waals surface area contributed by atoms with Crippen LogP contribution < -0.4 is 0 Å². The molecule has 0 saturated heterocycles. The molecule has 0 saturated carbocycles. The number of allylic oxidation sites excluding steroid dienone is 2. The lowest BCUT2D eigenvalue weighted by Gasteiger charge is -2.16. The van der Waals surface area contributed by atoms with Crippen LogP contribution in [0.2, 0.25) is 0 Å². The van der Waals surface area contributed by atoms with Gasteiger partial charge in [0.1, 0.15) is 0 Å². The van der Waals surface area contributed by atoms with Crippen molar-refractivity contribution >= 4 is 65.8 Å². The van der Waals surface area contributed by atoms with Crippen LogP contribution in [-0.4, -0.2) is 19.9 Å². The second-order valence-electron chi connectivity index (χ2n) is 12.8. The molecule has 0 N–H and O–H groups in total. The van der Waals surface area contributed by atoms with Crippen molar-refractivity contribution in [2.24, 2.45) is 0 Å². The molecular formula is C46H28N4. The van der Waals surface area contributed by atoms with E-state index in [1.54, 1.807) is 0 Å². The molecule has 4 nitrogen and oxygen atoms in total. The van der Waals surface area contributed by atoms with E-state index in [0.29, 0.717) is 5.82 Å². The summed E-state index contributed by atoms with van der Waals surface area (Å²) in [6.07, 6.45) is 11.8. The zero-order valence-corrected chi connectivity index (χ0v) is 27.2. The molecule has 0 radical (unpaired) electrons. The molecule has 4 heteroatoms. The van der Waals surface area contributed by atoms with E-state index in [4.69, 9.17) is 19.9 Å². The lowest BCUT2D eigenvalue weighted by Crippen LogP contribution is -1.95. The van der Waals surface area contributed by atoms with Crippen LogP contribution in [0.3, 0.4) is 0 Å². The zero-order valence-electron chi connectivity index (χ0n) is 27.2. The van der Waals surface area contributed by atoms with Gasteiger partial charge in [0.25, 0.3) is 0 Å². The molecule has 0 aliphatic heterocycles. The van der Waals surface area contributed by atoms with Gasteiger partial charge in [-0.05, 0) is 63.9 Å². The SMILES string of the molecule is CC1=C=CC=Cc2ccc3c(-c4cnc(-c5cccc(-c6nc7ccccc7c7c8ccccc8c8ccccc8c67)c5)nc4)ccnc3c21. The Kier molecular flexibility index (Phi) is 6.32. The van der Waals surface area contributed by atoms with E-state index in [-0.39, 0.29) is 0 Å². The predicted molar refractivity (Wildman–Crippen MR) is 208 cm³/mol. The van der Waals surface area contributed by atoms with Gasteiger partial charge in [0.2, 0.25) is 0 Å². The minimum Gasteiger partial charge on any atom is -0.256 e. The van der Waals surface area contributed by atoms with Crippen LogP contribution in [0, 0.1) is 0 Å². The van der Waals surface area contributed by atoms with Gasteiger partial charge in [-0.2, -0.15) is 0 Å². The first-order chi connectivity index (χ1) is 24.7. The van der Waals surface area contributed by atoms with Crippen LogP contribution in [0.5, 0.6) is 0 Å². The standard InChI is InChI=1S/C46H28N4/c1-28-11-2-3-12-29-21-22-38-33(23-24-47-45(38)41(28)29)32-26-48-46(49-27-32)31-14-10-13-30(25-31)44-43-37-18-7-5-16-35(37)34-15-4-6-17-36(34)42(43)39-19-8-9-20-40(39)50-44/h2-10,12-27H,1H3. The molecule has 0 fully saturated rings. The Balaban J connectivity index is 1.13. The number of para-hydroxylation sites is 1. The minimum atomic E-state index is 0.664. The fourth-order valence-electron chi connectivity index (χ4n) is 7.67. The maximum atomic E-state index is 5.33. The summed E-state index contributed by atoms with van der Waals surface area (Å²) in [7, 11) is 0. The predicted octanol–water partition coefficient (Wildman–Crippen LogP) is 11.6. The zero-order chi connectivity index (χ0) is 33.2. The summed E-state index contributed by atoms with van der Waals surface area (Å²) in [5.74, 6) is 0.664. The molecule has 3 aromatic heterocycles. The van der Waals surface area contributed by atoms with Crippen LogP contribution in [0.4, 0.5) is 0 Å². The summed E-state index contributed by atoms with van der Waals surface area (Å²) in [4.78, 5) is 19.9. The fraction of sp³-hybridized carbons (Fsp3) is 0.0217. The van der Waals surface area contributed by atoms with Crippen molar-refractivity contribution in [2.75, 3.05) is 0 Å².